The highest BCUT2D eigenvalue weighted by atomic mass is 16.5. The van der Waals surface area contributed by atoms with Crippen LogP contribution in [0.1, 0.15) is 35.7 Å². The molecule has 6 nitrogen and oxygen atoms in total. The number of carbonyl (C=O) groups is 1. The summed E-state index contributed by atoms with van der Waals surface area (Å²) in [5, 5.41) is 7.93. The van der Waals surface area contributed by atoms with Crippen LogP contribution in [-0.2, 0) is 0 Å². The highest BCUT2D eigenvalue weighted by molar-refractivity contribution is 6.00. The molecule has 0 saturated carbocycles. The van der Waals surface area contributed by atoms with E-state index in [0.29, 0.717) is 23.8 Å². The number of methoxy groups -OCH3 is 1. The van der Waals surface area contributed by atoms with Gasteiger partial charge in [0.2, 0.25) is 0 Å². The van der Waals surface area contributed by atoms with E-state index >= 15 is 0 Å². The fourth-order valence-corrected chi connectivity index (χ4v) is 4.20. The molecule has 4 rings (SSSR count). The molecule has 6 heteroatoms. The zero-order chi connectivity index (χ0) is 21.8. The van der Waals surface area contributed by atoms with Gasteiger partial charge in [-0.3, -0.25) is 9.69 Å². The smallest absolute Gasteiger partial charge is 0.255 e. The number of aromatic nitrogens is 2. The summed E-state index contributed by atoms with van der Waals surface area (Å²) in [7, 11) is 1.64. The van der Waals surface area contributed by atoms with Gasteiger partial charge in [-0.15, -0.1) is 0 Å². The molecule has 1 atom stereocenters. The summed E-state index contributed by atoms with van der Waals surface area (Å²) in [6.45, 7) is 7.00. The Bertz CT molecular complexity index is 1040. The van der Waals surface area contributed by atoms with Crippen LogP contribution in [0.3, 0.4) is 0 Å². The number of ether oxygens (including phenoxy) is 1. The summed E-state index contributed by atoms with van der Waals surface area (Å²) in [6, 6.07) is 16.2. The Balaban J connectivity index is 1.65. The maximum absolute atomic E-state index is 13.2. The zero-order valence-corrected chi connectivity index (χ0v) is 18.5. The highest BCUT2D eigenvalue weighted by Crippen LogP contribution is 2.27. The van der Waals surface area contributed by atoms with Crippen LogP contribution in [0, 0.1) is 6.92 Å². The van der Waals surface area contributed by atoms with E-state index in [0.717, 1.165) is 36.5 Å². The number of likely N-dealkylation sites (tertiary alicyclic amines) is 1. The molecule has 1 amide bonds. The molecule has 2 aromatic carbocycles. The maximum Gasteiger partial charge on any atom is 0.255 e. The summed E-state index contributed by atoms with van der Waals surface area (Å²) in [6.07, 6.45) is 4.13. The summed E-state index contributed by atoms with van der Waals surface area (Å²) in [5.74, 6) is 0.637. The minimum Gasteiger partial charge on any atom is -0.497 e. The van der Waals surface area contributed by atoms with Gasteiger partial charge >= 0.3 is 0 Å². The van der Waals surface area contributed by atoms with E-state index in [2.05, 4.69) is 24.1 Å². The third-order valence-corrected chi connectivity index (χ3v) is 6.00. The normalized spacial score (nSPS) is 16.4. The number of nitrogens with one attached hydrogen (secondary N) is 1. The first-order valence-corrected chi connectivity index (χ1v) is 10.9. The van der Waals surface area contributed by atoms with Gasteiger partial charge < -0.3 is 10.1 Å². The molecule has 0 aliphatic carbocycles. The van der Waals surface area contributed by atoms with Crippen LogP contribution in [0.4, 0.5) is 0 Å². The fourth-order valence-electron chi connectivity index (χ4n) is 4.20. The van der Waals surface area contributed by atoms with Crippen molar-refractivity contribution in [3.8, 4) is 22.7 Å². The Morgan fingerprint density at radius 1 is 1.23 bits per heavy atom. The van der Waals surface area contributed by atoms with Gasteiger partial charge in [-0.05, 0) is 57.1 Å². The molecule has 1 saturated heterocycles. The molecule has 1 fully saturated rings. The zero-order valence-electron chi connectivity index (χ0n) is 18.5. The lowest BCUT2D eigenvalue weighted by Gasteiger charge is -2.22. The van der Waals surface area contributed by atoms with Gasteiger partial charge in [0.1, 0.15) is 11.4 Å². The van der Waals surface area contributed by atoms with Crippen LogP contribution in [0.2, 0.25) is 0 Å². The second-order valence-electron chi connectivity index (χ2n) is 8.04. The summed E-state index contributed by atoms with van der Waals surface area (Å²) >= 11 is 0. The molecule has 162 valence electrons. The summed E-state index contributed by atoms with van der Waals surface area (Å²) in [4.78, 5) is 15.7. The molecule has 1 N–H and O–H groups in total. The number of likely N-dealkylation sites (N-methyl/N-ethyl adjacent to an activating group) is 1. The standard InChI is InChI=1S/C25H30N4O2/c1-4-28-14-6-8-21(28)16-26-25(30)23-17-29(20-12-10-18(2)11-13-20)27-24(23)19-7-5-9-22(15-19)31-3/h5,7,9-13,15,17,21H,4,6,8,14,16H2,1-3H3,(H,26,30). The third kappa shape index (κ3) is 4.64. The van der Waals surface area contributed by atoms with E-state index in [1.54, 1.807) is 11.8 Å². The number of hydrogen-bond donors (Lipinski definition) is 1. The monoisotopic (exact) mass is 418 g/mol. The molecule has 1 aromatic heterocycles. The Morgan fingerprint density at radius 2 is 2.03 bits per heavy atom. The van der Waals surface area contributed by atoms with Crippen molar-refractivity contribution in [1.29, 1.82) is 0 Å². The molecule has 0 spiro atoms. The Morgan fingerprint density at radius 3 is 2.77 bits per heavy atom. The molecule has 1 unspecified atom stereocenters. The Kier molecular flexibility index (Phi) is 6.37. The summed E-state index contributed by atoms with van der Waals surface area (Å²) in [5.41, 5.74) is 4.16. The van der Waals surface area contributed by atoms with Gasteiger partial charge in [0.25, 0.3) is 5.91 Å². The first kappa shape index (κ1) is 21.1. The van der Waals surface area contributed by atoms with Crippen molar-refractivity contribution < 1.29 is 9.53 Å². The first-order chi connectivity index (χ1) is 15.1. The maximum atomic E-state index is 13.2. The topological polar surface area (TPSA) is 59.4 Å². The SMILES string of the molecule is CCN1CCCC1CNC(=O)c1cn(-c2ccc(C)cc2)nc1-c1cccc(OC)c1. The molecular weight excluding hydrogens is 388 g/mol. The van der Waals surface area contributed by atoms with Crippen molar-refractivity contribution in [2.24, 2.45) is 0 Å². The average Bonchev–Trinajstić information content (AvgIpc) is 3.45. The van der Waals surface area contributed by atoms with Crippen molar-refractivity contribution in [3.05, 3.63) is 65.9 Å². The summed E-state index contributed by atoms with van der Waals surface area (Å²) < 4.78 is 7.15. The van der Waals surface area contributed by atoms with Gasteiger partial charge in [-0.2, -0.15) is 5.10 Å². The van der Waals surface area contributed by atoms with Crippen LogP contribution in [0.25, 0.3) is 16.9 Å². The van der Waals surface area contributed by atoms with Crippen LogP contribution in [0.15, 0.2) is 54.7 Å². The lowest BCUT2D eigenvalue weighted by atomic mass is 10.1. The predicted molar refractivity (Wildman–Crippen MR) is 123 cm³/mol. The van der Waals surface area contributed by atoms with Gasteiger partial charge in [-0.25, -0.2) is 4.68 Å². The molecule has 1 aliphatic rings. The van der Waals surface area contributed by atoms with E-state index < -0.39 is 0 Å². The molecule has 3 aromatic rings. The van der Waals surface area contributed by atoms with E-state index in [1.165, 1.54) is 12.0 Å². The van der Waals surface area contributed by atoms with Crippen LogP contribution in [-0.4, -0.2) is 53.4 Å². The number of carbonyl (C=O) groups excluding carboxylic acids is 1. The van der Waals surface area contributed by atoms with Crippen molar-refractivity contribution in [2.45, 2.75) is 32.7 Å². The van der Waals surface area contributed by atoms with Crippen LogP contribution in [0.5, 0.6) is 5.75 Å². The lowest BCUT2D eigenvalue weighted by molar-refractivity contribution is 0.0942. The lowest BCUT2D eigenvalue weighted by Crippen LogP contribution is -2.40. The largest absolute Gasteiger partial charge is 0.497 e. The van der Waals surface area contributed by atoms with E-state index in [-0.39, 0.29) is 5.91 Å². The second-order valence-corrected chi connectivity index (χ2v) is 8.04. The quantitative estimate of drug-likeness (QED) is 0.628. The van der Waals surface area contributed by atoms with E-state index in [1.807, 2.05) is 54.7 Å². The Labute approximate surface area is 183 Å². The number of hydrogen-bond acceptors (Lipinski definition) is 4. The van der Waals surface area contributed by atoms with Crippen LogP contribution >= 0.6 is 0 Å². The number of nitrogens with zero attached hydrogens (tertiary/aromatic N) is 3. The molecule has 1 aliphatic heterocycles. The molecule has 2 heterocycles. The number of aryl methyl sites for hydroxylation is 1. The minimum atomic E-state index is -0.0980. The molecule has 31 heavy (non-hydrogen) atoms. The van der Waals surface area contributed by atoms with Crippen molar-refractivity contribution >= 4 is 5.91 Å². The van der Waals surface area contributed by atoms with Crippen molar-refractivity contribution in [2.75, 3.05) is 26.7 Å². The van der Waals surface area contributed by atoms with Gasteiger partial charge in [0.05, 0.1) is 18.4 Å². The number of benzene rings is 2. The number of amides is 1. The molecule has 0 radical (unpaired) electrons. The second kappa shape index (κ2) is 9.35. The third-order valence-electron chi connectivity index (χ3n) is 6.00. The van der Waals surface area contributed by atoms with E-state index in [9.17, 15) is 4.79 Å². The average molecular weight is 419 g/mol. The van der Waals surface area contributed by atoms with Crippen molar-refractivity contribution in [3.63, 3.8) is 0 Å². The van der Waals surface area contributed by atoms with Gasteiger partial charge in [0, 0.05) is 24.3 Å². The van der Waals surface area contributed by atoms with Crippen LogP contribution < -0.4 is 10.1 Å². The fraction of sp³-hybridized carbons (Fsp3) is 0.360. The molecular formula is C25H30N4O2. The predicted octanol–water partition coefficient (Wildman–Crippen LogP) is 4.07. The van der Waals surface area contributed by atoms with E-state index in [4.69, 9.17) is 9.84 Å². The van der Waals surface area contributed by atoms with Gasteiger partial charge in [-0.1, -0.05) is 36.8 Å². The first-order valence-electron chi connectivity index (χ1n) is 10.9. The Hall–Kier alpha value is -3.12. The van der Waals surface area contributed by atoms with Gasteiger partial charge in [0.15, 0.2) is 0 Å². The highest BCUT2D eigenvalue weighted by Gasteiger charge is 2.25. The molecule has 0 bridgehead atoms. The number of rotatable bonds is 7. The van der Waals surface area contributed by atoms with Crippen molar-refractivity contribution in [1.82, 2.24) is 20.0 Å². The minimum absolute atomic E-state index is 0.0980.